The zero-order chi connectivity index (χ0) is 19.5. The van der Waals surface area contributed by atoms with Gasteiger partial charge in [-0.15, -0.1) is 0 Å². The van der Waals surface area contributed by atoms with Gasteiger partial charge in [0.2, 0.25) is 0 Å². The predicted octanol–water partition coefficient (Wildman–Crippen LogP) is 3.88. The van der Waals surface area contributed by atoms with Gasteiger partial charge >= 0.3 is 6.18 Å². The molecule has 140 valence electrons. The van der Waals surface area contributed by atoms with E-state index in [1.807, 2.05) is 6.92 Å². The van der Waals surface area contributed by atoms with Crippen LogP contribution in [-0.2, 0) is 6.18 Å². The Hall–Kier alpha value is -2.71. The Bertz CT molecular complexity index is 809. The van der Waals surface area contributed by atoms with Crippen LogP contribution in [0, 0.1) is 6.92 Å². The van der Waals surface area contributed by atoms with E-state index in [-0.39, 0.29) is 6.04 Å². The van der Waals surface area contributed by atoms with Crippen molar-refractivity contribution in [2.24, 2.45) is 4.99 Å². The number of amidine groups is 1. The van der Waals surface area contributed by atoms with Gasteiger partial charge in [-0.3, -0.25) is 14.8 Å². The molecule has 0 aliphatic carbocycles. The van der Waals surface area contributed by atoms with E-state index in [0.29, 0.717) is 41.2 Å². The van der Waals surface area contributed by atoms with Crippen molar-refractivity contribution in [1.29, 1.82) is 0 Å². The Morgan fingerprint density at radius 1 is 1.42 bits per heavy atom. The number of hydrogen-bond acceptors (Lipinski definition) is 4. The van der Waals surface area contributed by atoms with E-state index >= 15 is 0 Å². The Balaban J connectivity index is 2.51. The first-order chi connectivity index (χ1) is 12.2. The third kappa shape index (κ3) is 3.92. The van der Waals surface area contributed by atoms with Crippen molar-refractivity contribution in [2.75, 3.05) is 12.4 Å². The number of aryl methyl sites for hydroxylation is 1. The highest BCUT2D eigenvalue weighted by molar-refractivity contribution is 5.97. The van der Waals surface area contributed by atoms with Crippen LogP contribution >= 0.6 is 0 Å². The summed E-state index contributed by atoms with van der Waals surface area (Å²) < 4.78 is 39.8. The number of nitrogens with one attached hydrogen (secondary N) is 1. The van der Waals surface area contributed by atoms with E-state index < -0.39 is 11.9 Å². The first-order valence-corrected chi connectivity index (χ1v) is 8.00. The zero-order valence-corrected chi connectivity index (χ0v) is 14.9. The molecule has 0 saturated carbocycles. The second kappa shape index (κ2) is 7.67. The molecule has 0 bridgehead atoms. The van der Waals surface area contributed by atoms with Gasteiger partial charge < -0.3 is 5.32 Å². The number of hydrogen-bond donors (Lipinski definition) is 1. The summed E-state index contributed by atoms with van der Waals surface area (Å²) in [5, 5.41) is 7.44. The van der Waals surface area contributed by atoms with Gasteiger partial charge in [-0.2, -0.15) is 18.3 Å². The summed E-state index contributed by atoms with van der Waals surface area (Å²) in [4.78, 5) is 19.0. The number of nitrogens with zero attached hydrogens (tertiary/aromatic N) is 4. The van der Waals surface area contributed by atoms with Crippen LogP contribution in [0.25, 0.3) is 0 Å². The zero-order valence-electron chi connectivity index (χ0n) is 14.9. The minimum absolute atomic E-state index is 0.381. The van der Waals surface area contributed by atoms with Gasteiger partial charge in [-0.1, -0.05) is 13.0 Å². The molecule has 2 aromatic rings. The first-order valence-electron chi connectivity index (χ1n) is 8.00. The molecule has 6 nitrogen and oxygen atoms in total. The number of halogens is 3. The lowest BCUT2D eigenvalue weighted by Crippen LogP contribution is -2.19. The number of aromatic nitrogens is 3. The van der Waals surface area contributed by atoms with E-state index in [2.05, 4.69) is 20.4 Å². The maximum Gasteiger partial charge on any atom is 0.433 e. The predicted molar refractivity (Wildman–Crippen MR) is 92.7 cm³/mol. The van der Waals surface area contributed by atoms with Crippen LogP contribution in [0.2, 0.25) is 0 Å². The van der Waals surface area contributed by atoms with Crippen molar-refractivity contribution in [2.45, 2.75) is 39.4 Å². The molecule has 2 heterocycles. The van der Waals surface area contributed by atoms with E-state index in [0.717, 1.165) is 6.07 Å². The first kappa shape index (κ1) is 19.6. The molecule has 2 rings (SSSR count). The molecule has 0 amide bonds. The van der Waals surface area contributed by atoms with Crippen LogP contribution in [0.5, 0.6) is 0 Å². The van der Waals surface area contributed by atoms with E-state index in [4.69, 9.17) is 0 Å². The summed E-state index contributed by atoms with van der Waals surface area (Å²) >= 11 is 0. The maximum atomic E-state index is 12.7. The Labute approximate surface area is 149 Å². The Morgan fingerprint density at radius 2 is 2.12 bits per heavy atom. The molecule has 9 heteroatoms. The SMILES string of the molecule is CCC(c1ccc(C(F)(F)F)nc1)n1nc(C)c(C=O)c1NC(C)=NC. The molecule has 0 radical (unpaired) electrons. The fraction of sp³-hybridized carbons (Fsp3) is 0.412. The highest BCUT2D eigenvalue weighted by atomic mass is 19.4. The van der Waals surface area contributed by atoms with Crippen LogP contribution < -0.4 is 5.32 Å². The van der Waals surface area contributed by atoms with Crippen molar-refractivity contribution in [3.63, 3.8) is 0 Å². The summed E-state index contributed by atoms with van der Waals surface area (Å²) in [7, 11) is 1.60. The maximum absolute atomic E-state index is 12.7. The second-order valence-electron chi connectivity index (χ2n) is 5.74. The second-order valence-corrected chi connectivity index (χ2v) is 5.74. The smallest absolute Gasteiger partial charge is 0.329 e. The third-order valence-electron chi connectivity index (χ3n) is 4.03. The summed E-state index contributed by atoms with van der Waals surface area (Å²) in [6.45, 7) is 5.31. The summed E-state index contributed by atoms with van der Waals surface area (Å²) in [6.07, 6.45) is -2.06. The van der Waals surface area contributed by atoms with Crippen molar-refractivity contribution < 1.29 is 18.0 Å². The van der Waals surface area contributed by atoms with Crippen molar-refractivity contribution in [3.05, 3.63) is 40.8 Å². The van der Waals surface area contributed by atoms with Gasteiger partial charge in [0, 0.05) is 13.2 Å². The topological polar surface area (TPSA) is 72.2 Å². The van der Waals surface area contributed by atoms with Crippen LogP contribution in [0.1, 0.15) is 53.6 Å². The molecule has 1 unspecified atom stereocenters. The van der Waals surface area contributed by atoms with Crippen LogP contribution in [0.3, 0.4) is 0 Å². The lowest BCUT2D eigenvalue weighted by Gasteiger charge is -2.20. The molecule has 26 heavy (non-hydrogen) atoms. The van der Waals surface area contributed by atoms with Gasteiger partial charge in [-0.25, -0.2) is 4.68 Å². The third-order valence-corrected chi connectivity index (χ3v) is 4.03. The van der Waals surface area contributed by atoms with E-state index in [1.165, 1.54) is 12.3 Å². The number of rotatable bonds is 5. The van der Waals surface area contributed by atoms with Crippen LogP contribution in [-0.4, -0.2) is 33.9 Å². The lowest BCUT2D eigenvalue weighted by molar-refractivity contribution is -0.141. The molecule has 0 aliphatic heterocycles. The van der Waals surface area contributed by atoms with Crippen molar-refractivity contribution in [3.8, 4) is 0 Å². The van der Waals surface area contributed by atoms with E-state index in [1.54, 1.807) is 25.6 Å². The van der Waals surface area contributed by atoms with E-state index in [9.17, 15) is 18.0 Å². The number of carbonyl (C=O) groups excluding carboxylic acids is 1. The Morgan fingerprint density at radius 3 is 2.58 bits per heavy atom. The summed E-state index contributed by atoms with van der Waals surface area (Å²) in [5.74, 6) is 1.03. The fourth-order valence-corrected chi connectivity index (χ4v) is 2.60. The molecule has 1 atom stereocenters. The number of alkyl halides is 3. The van der Waals surface area contributed by atoms with Gasteiger partial charge in [-0.05, 0) is 31.9 Å². The van der Waals surface area contributed by atoms with Crippen LogP contribution in [0.4, 0.5) is 19.0 Å². The lowest BCUT2D eigenvalue weighted by atomic mass is 10.1. The van der Waals surface area contributed by atoms with Crippen molar-refractivity contribution >= 4 is 17.9 Å². The van der Waals surface area contributed by atoms with Gasteiger partial charge in [0.25, 0.3) is 0 Å². The molecule has 0 aliphatic rings. The Kier molecular flexibility index (Phi) is 5.79. The average Bonchev–Trinajstić information content (AvgIpc) is 2.90. The van der Waals surface area contributed by atoms with Gasteiger partial charge in [0.15, 0.2) is 6.29 Å². The highest BCUT2D eigenvalue weighted by Gasteiger charge is 2.32. The minimum Gasteiger partial charge on any atom is -0.329 e. The molecule has 1 N–H and O–H groups in total. The largest absolute Gasteiger partial charge is 0.433 e. The molecule has 0 spiro atoms. The van der Waals surface area contributed by atoms with Gasteiger partial charge in [0.05, 0.1) is 23.1 Å². The molecule has 2 aromatic heterocycles. The normalized spacial score (nSPS) is 13.6. The number of aldehydes is 1. The molecular weight excluding hydrogens is 347 g/mol. The fourth-order valence-electron chi connectivity index (χ4n) is 2.60. The monoisotopic (exact) mass is 367 g/mol. The minimum atomic E-state index is -4.49. The highest BCUT2D eigenvalue weighted by Crippen LogP contribution is 2.31. The number of anilines is 1. The van der Waals surface area contributed by atoms with Gasteiger partial charge in [0.1, 0.15) is 11.5 Å². The number of carbonyl (C=O) groups is 1. The van der Waals surface area contributed by atoms with Crippen LogP contribution in [0.15, 0.2) is 23.3 Å². The molecular formula is C17H20F3N5O. The molecule has 0 aromatic carbocycles. The standard InChI is InChI=1S/C17H20F3N5O/c1-5-14(12-6-7-15(22-8-12)17(18,19)20)25-16(23-11(3)21-4)13(9-26)10(2)24-25/h6-9,14H,5H2,1-4H3,(H,21,23). The molecule has 0 fully saturated rings. The summed E-state index contributed by atoms with van der Waals surface area (Å²) in [6, 6.07) is 1.94. The number of aliphatic imine (C=N–C) groups is 1. The molecule has 0 saturated heterocycles. The van der Waals surface area contributed by atoms with Crippen molar-refractivity contribution in [1.82, 2.24) is 14.8 Å². The number of pyridine rings is 1. The quantitative estimate of drug-likeness (QED) is 0.495. The summed E-state index contributed by atoms with van der Waals surface area (Å²) in [5.41, 5.74) is 0.513. The average molecular weight is 367 g/mol.